The largest absolute Gasteiger partial charge is 0.353 e. The van der Waals surface area contributed by atoms with E-state index in [1.165, 1.54) is 11.1 Å². The lowest BCUT2D eigenvalue weighted by atomic mass is 9.99. The molecule has 1 aromatic carbocycles. The lowest BCUT2D eigenvalue weighted by molar-refractivity contribution is -0.122. The number of benzene rings is 1. The average molecular weight is 389 g/mol. The van der Waals surface area contributed by atoms with Gasteiger partial charge in [-0.2, -0.15) is 0 Å². The van der Waals surface area contributed by atoms with Gasteiger partial charge < -0.3 is 11.1 Å². The van der Waals surface area contributed by atoms with E-state index in [1.807, 2.05) is 54.6 Å². The number of aromatic nitrogens is 2. The third-order valence-electron chi connectivity index (χ3n) is 5.06. The Bertz CT molecular complexity index is 812. The Morgan fingerprint density at radius 3 is 1.86 bits per heavy atom. The summed E-state index contributed by atoms with van der Waals surface area (Å²) in [5, 5.41) is 3.21. The predicted molar refractivity (Wildman–Crippen MR) is 115 cm³/mol. The fourth-order valence-electron chi connectivity index (χ4n) is 3.37. The summed E-state index contributed by atoms with van der Waals surface area (Å²) in [4.78, 5) is 20.8. The summed E-state index contributed by atoms with van der Waals surface area (Å²) in [6, 6.07) is 17.6. The van der Waals surface area contributed by atoms with Crippen LogP contribution in [0.4, 0.5) is 0 Å². The van der Waals surface area contributed by atoms with Crippen molar-refractivity contribution >= 4 is 5.91 Å². The topological polar surface area (TPSA) is 80.9 Å². The number of aryl methyl sites for hydroxylation is 2. The molecule has 1 unspecified atom stereocenters. The molecule has 0 aliphatic heterocycles. The molecule has 2 aromatic heterocycles. The first-order valence-corrected chi connectivity index (χ1v) is 10.1. The van der Waals surface area contributed by atoms with Crippen LogP contribution >= 0.6 is 0 Å². The summed E-state index contributed by atoms with van der Waals surface area (Å²) < 4.78 is 0. The minimum absolute atomic E-state index is 0.00388. The Balaban J connectivity index is 1.57. The molecule has 0 aliphatic carbocycles. The Kier molecular flexibility index (Phi) is 7.90. The van der Waals surface area contributed by atoms with E-state index in [-0.39, 0.29) is 24.4 Å². The zero-order chi connectivity index (χ0) is 20.3. The van der Waals surface area contributed by atoms with Crippen molar-refractivity contribution in [1.29, 1.82) is 0 Å². The predicted octanol–water partition coefficient (Wildman–Crippen LogP) is 3.62. The van der Waals surface area contributed by atoms with Gasteiger partial charge in [0.1, 0.15) is 0 Å². The summed E-state index contributed by atoms with van der Waals surface area (Å²) in [7, 11) is 0. The molecule has 0 spiro atoms. The smallest absolute Gasteiger partial charge is 0.222 e. The number of hydrogen-bond acceptors (Lipinski definition) is 4. The number of carbonyl (C=O) groups excluding carboxylic acids is 1. The van der Waals surface area contributed by atoms with Gasteiger partial charge in [-0.3, -0.25) is 14.8 Å². The second-order valence-corrected chi connectivity index (χ2v) is 7.27. The number of amides is 1. The van der Waals surface area contributed by atoms with Crippen LogP contribution in [0.3, 0.4) is 0 Å². The van der Waals surface area contributed by atoms with Gasteiger partial charge in [-0.05, 0) is 66.6 Å². The molecule has 29 heavy (non-hydrogen) atoms. The van der Waals surface area contributed by atoms with Crippen molar-refractivity contribution < 1.29 is 4.79 Å². The molecule has 3 rings (SSSR count). The quantitative estimate of drug-likeness (QED) is 0.556. The highest BCUT2D eigenvalue weighted by Gasteiger charge is 2.16. The molecule has 2 heterocycles. The van der Waals surface area contributed by atoms with Crippen LogP contribution in [-0.2, 0) is 17.6 Å². The minimum atomic E-state index is -0.294. The monoisotopic (exact) mass is 388 g/mol. The summed E-state index contributed by atoms with van der Waals surface area (Å²) in [6.07, 6.45) is 11.0. The van der Waals surface area contributed by atoms with Crippen molar-refractivity contribution in [2.24, 2.45) is 5.73 Å². The van der Waals surface area contributed by atoms with Gasteiger partial charge in [-0.1, -0.05) is 30.3 Å². The highest BCUT2D eigenvalue weighted by atomic mass is 16.1. The van der Waals surface area contributed by atoms with Gasteiger partial charge in [0.2, 0.25) is 5.91 Å². The number of hydrogen-bond donors (Lipinski definition) is 2. The lowest BCUT2D eigenvalue weighted by Gasteiger charge is -2.20. The van der Waals surface area contributed by atoms with Crippen LogP contribution in [0.15, 0.2) is 79.4 Å². The SMILES string of the molecule is NC(CC(=O)NC(CCc1ccncc1)CCc1ccncc1)c1ccccc1. The number of nitrogens with two attached hydrogens (primary N) is 1. The third kappa shape index (κ3) is 7.12. The first-order valence-electron chi connectivity index (χ1n) is 10.1. The Hall–Kier alpha value is -3.05. The summed E-state index contributed by atoms with van der Waals surface area (Å²) in [5.41, 5.74) is 9.66. The molecule has 0 saturated carbocycles. The number of rotatable bonds is 10. The number of pyridine rings is 2. The summed E-state index contributed by atoms with van der Waals surface area (Å²) in [5.74, 6) is -0.00388. The van der Waals surface area contributed by atoms with E-state index in [9.17, 15) is 4.79 Å². The van der Waals surface area contributed by atoms with Gasteiger partial charge >= 0.3 is 0 Å². The molecule has 0 radical (unpaired) electrons. The summed E-state index contributed by atoms with van der Waals surface area (Å²) in [6.45, 7) is 0. The molecule has 3 aromatic rings. The maximum atomic E-state index is 12.6. The van der Waals surface area contributed by atoms with Crippen molar-refractivity contribution in [3.8, 4) is 0 Å². The molecule has 1 amide bonds. The number of carbonyl (C=O) groups is 1. The average Bonchev–Trinajstić information content (AvgIpc) is 2.77. The lowest BCUT2D eigenvalue weighted by Crippen LogP contribution is -2.37. The first-order chi connectivity index (χ1) is 14.2. The van der Waals surface area contributed by atoms with Crippen molar-refractivity contribution in [2.75, 3.05) is 0 Å². The standard InChI is InChI=1S/C24H28N4O/c25-23(21-4-2-1-3-5-21)18-24(29)28-22(8-6-19-10-14-26-15-11-19)9-7-20-12-16-27-17-13-20/h1-5,10-17,22-23H,6-9,18,25H2,(H,28,29). The zero-order valence-electron chi connectivity index (χ0n) is 16.6. The maximum Gasteiger partial charge on any atom is 0.222 e. The molecule has 5 nitrogen and oxygen atoms in total. The van der Waals surface area contributed by atoms with E-state index in [0.717, 1.165) is 31.2 Å². The Morgan fingerprint density at radius 2 is 1.34 bits per heavy atom. The van der Waals surface area contributed by atoms with Crippen molar-refractivity contribution in [2.45, 2.75) is 44.2 Å². The van der Waals surface area contributed by atoms with Crippen LogP contribution in [0.25, 0.3) is 0 Å². The molecule has 0 saturated heterocycles. The van der Waals surface area contributed by atoms with Gasteiger partial charge in [-0.15, -0.1) is 0 Å². The fraction of sp³-hybridized carbons (Fsp3) is 0.292. The van der Waals surface area contributed by atoms with Crippen molar-refractivity contribution in [1.82, 2.24) is 15.3 Å². The molecule has 0 aliphatic rings. The van der Waals surface area contributed by atoms with Gasteiger partial charge in [0.05, 0.1) is 0 Å². The second-order valence-electron chi connectivity index (χ2n) is 7.27. The van der Waals surface area contributed by atoms with E-state index in [2.05, 4.69) is 15.3 Å². The van der Waals surface area contributed by atoms with Gasteiger partial charge in [0.25, 0.3) is 0 Å². The molecule has 1 atom stereocenters. The highest BCUT2D eigenvalue weighted by molar-refractivity contribution is 5.77. The van der Waals surface area contributed by atoms with E-state index in [1.54, 1.807) is 24.8 Å². The zero-order valence-corrected chi connectivity index (χ0v) is 16.6. The van der Waals surface area contributed by atoms with Crippen LogP contribution in [0.2, 0.25) is 0 Å². The van der Waals surface area contributed by atoms with E-state index in [4.69, 9.17) is 5.73 Å². The first kappa shape index (κ1) is 20.7. The van der Waals surface area contributed by atoms with Crippen LogP contribution in [0.5, 0.6) is 0 Å². The molecule has 0 fully saturated rings. The van der Waals surface area contributed by atoms with Crippen LogP contribution < -0.4 is 11.1 Å². The van der Waals surface area contributed by atoms with E-state index >= 15 is 0 Å². The van der Waals surface area contributed by atoms with E-state index in [0.29, 0.717) is 0 Å². The molecule has 5 heteroatoms. The number of nitrogens with zero attached hydrogens (tertiary/aromatic N) is 2. The Labute approximate surface area is 172 Å². The maximum absolute atomic E-state index is 12.6. The third-order valence-corrected chi connectivity index (χ3v) is 5.06. The molecular weight excluding hydrogens is 360 g/mol. The van der Waals surface area contributed by atoms with Crippen LogP contribution in [0, 0.1) is 0 Å². The molecular formula is C24H28N4O. The second kappa shape index (κ2) is 11.1. The van der Waals surface area contributed by atoms with Gasteiger partial charge in [-0.25, -0.2) is 0 Å². The van der Waals surface area contributed by atoms with Crippen LogP contribution in [-0.4, -0.2) is 21.9 Å². The van der Waals surface area contributed by atoms with Crippen molar-refractivity contribution in [3.63, 3.8) is 0 Å². The van der Waals surface area contributed by atoms with Crippen LogP contribution in [0.1, 0.15) is 42.0 Å². The van der Waals surface area contributed by atoms with Gasteiger partial charge in [0, 0.05) is 43.3 Å². The summed E-state index contributed by atoms with van der Waals surface area (Å²) >= 11 is 0. The van der Waals surface area contributed by atoms with Crippen molar-refractivity contribution in [3.05, 3.63) is 96.1 Å². The minimum Gasteiger partial charge on any atom is -0.353 e. The van der Waals surface area contributed by atoms with E-state index < -0.39 is 0 Å². The molecule has 0 bridgehead atoms. The molecule has 3 N–H and O–H groups in total. The number of nitrogens with one attached hydrogen (secondary N) is 1. The molecule has 150 valence electrons. The Morgan fingerprint density at radius 1 is 0.828 bits per heavy atom. The van der Waals surface area contributed by atoms with Gasteiger partial charge in [0.15, 0.2) is 0 Å². The highest BCUT2D eigenvalue weighted by Crippen LogP contribution is 2.15. The fourth-order valence-corrected chi connectivity index (χ4v) is 3.37. The normalized spacial score (nSPS) is 11.9.